The summed E-state index contributed by atoms with van der Waals surface area (Å²) in [5.41, 5.74) is 7.66. The number of fused-ring (bicyclic) bond motifs is 6. The summed E-state index contributed by atoms with van der Waals surface area (Å²) >= 11 is 3.51. The van der Waals surface area contributed by atoms with Gasteiger partial charge in [-0.15, -0.1) is 0 Å². The lowest BCUT2D eigenvalue weighted by atomic mass is 10.0. The van der Waals surface area contributed by atoms with Gasteiger partial charge in [-0.2, -0.15) is 0 Å². The van der Waals surface area contributed by atoms with Gasteiger partial charge < -0.3 is 4.57 Å². The third-order valence-corrected chi connectivity index (χ3v) is 6.92. The molecule has 0 spiro atoms. The van der Waals surface area contributed by atoms with E-state index in [1.165, 1.54) is 32.9 Å². The fourth-order valence-corrected chi connectivity index (χ4v) is 5.29. The molecule has 0 aliphatic heterocycles. The van der Waals surface area contributed by atoms with Crippen LogP contribution in [-0.2, 0) is 0 Å². The van der Waals surface area contributed by atoms with Crippen molar-refractivity contribution in [3.05, 3.63) is 114 Å². The molecule has 7 aromatic rings. The molecule has 3 nitrogen and oxygen atoms in total. The summed E-state index contributed by atoms with van der Waals surface area (Å²) in [6, 6.07) is 34.4. The number of aromatic nitrogens is 3. The van der Waals surface area contributed by atoms with Crippen LogP contribution in [-0.4, -0.2) is 14.5 Å². The molecule has 0 atom stereocenters. The highest BCUT2D eigenvalue weighted by Crippen LogP contribution is 2.35. The summed E-state index contributed by atoms with van der Waals surface area (Å²) in [5.74, 6) is 0. The minimum atomic E-state index is 0.917. The van der Waals surface area contributed by atoms with Crippen LogP contribution in [0.2, 0.25) is 0 Å². The predicted molar refractivity (Wildman–Crippen MR) is 145 cm³/mol. The van der Waals surface area contributed by atoms with Crippen molar-refractivity contribution < 1.29 is 0 Å². The average Bonchev–Trinajstić information content (AvgIpc) is 3.22. The van der Waals surface area contributed by atoms with E-state index >= 15 is 0 Å². The zero-order valence-corrected chi connectivity index (χ0v) is 19.7. The molecule has 0 saturated heterocycles. The minimum absolute atomic E-state index is 0.917. The lowest BCUT2D eigenvalue weighted by Crippen LogP contribution is -1.96. The van der Waals surface area contributed by atoms with Crippen molar-refractivity contribution in [1.82, 2.24) is 14.5 Å². The van der Waals surface area contributed by atoms with Gasteiger partial charge in [-0.1, -0.05) is 66.7 Å². The normalized spacial score (nSPS) is 11.7. The van der Waals surface area contributed by atoms with Gasteiger partial charge in [0.25, 0.3) is 0 Å². The monoisotopic (exact) mass is 499 g/mol. The van der Waals surface area contributed by atoms with E-state index in [0.29, 0.717) is 0 Å². The zero-order chi connectivity index (χ0) is 22.6. The highest BCUT2D eigenvalue weighted by Gasteiger charge is 2.14. The van der Waals surface area contributed by atoms with E-state index < -0.39 is 0 Å². The number of pyridine rings is 2. The Labute approximate surface area is 204 Å². The number of benzene rings is 4. The van der Waals surface area contributed by atoms with Gasteiger partial charge in [-0.3, -0.25) is 9.97 Å². The lowest BCUT2D eigenvalue weighted by Gasteiger charge is -2.10. The van der Waals surface area contributed by atoms with E-state index in [0.717, 1.165) is 32.0 Å². The van der Waals surface area contributed by atoms with Crippen LogP contribution < -0.4 is 0 Å². The predicted octanol–water partition coefficient (Wildman–Crippen LogP) is 8.31. The molecule has 0 fully saturated rings. The Morgan fingerprint density at radius 2 is 1.26 bits per heavy atom. The smallest absolute Gasteiger partial charge is 0.0966 e. The summed E-state index contributed by atoms with van der Waals surface area (Å²) in [4.78, 5) is 9.50. The van der Waals surface area contributed by atoms with Crippen molar-refractivity contribution in [3.63, 3.8) is 0 Å². The maximum Gasteiger partial charge on any atom is 0.0966 e. The number of hydrogen-bond donors (Lipinski definition) is 0. The Morgan fingerprint density at radius 1 is 0.559 bits per heavy atom. The van der Waals surface area contributed by atoms with E-state index in [9.17, 15) is 0 Å². The summed E-state index contributed by atoms with van der Waals surface area (Å²) in [7, 11) is 0. The van der Waals surface area contributed by atoms with Gasteiger partial charge in [0.2, 0.25) is 0 Å². The SMILES string of the molecule is Brc1cnc2c(ccc3cc(-n4c5ccccc5c5cc(-c6ccccc6)ccc54)cnc32)c1. The molecule has 0 bridgehead atoms. The first kappa shape index (κ1) is 19.4. The Balaban J connectivity index is 1.49. The van der Waals surface area contributed by atoms with Crippen molar-refractivity contribution in [2.45, 2.75) is 0 Å². The molecule has 0 saturated carbocycles. The Kier molecular flexibility index (Phi) is 4.29. The van der Waals surface area contributed by atoms with E-state index in [2.05, 4.69) is 123 Å². The number of para-hydroxylation sites is 1. The van der Waals surface area contributed by atoms with Gasteiger partial charge >= 0.3 is 0 Å². The molecule has 34 heavy (non-hydrogen) atoms. The molecule has 3 aromatic heterocycles. The topological polar surface area (TPSA) is 30.7 Å². The first-order valence-corrected chi connectivity index (χ1v) is 12.0. The molecule has 0 radical (unpaired) electrons. The molecule has 4 heteroatoms. The van der Waals surface area contributed by atoms with Crippen molar-refractivity contribution in [2.24, 2.45) is 0 Å². The van der Waals surface area contributed by atoms with Gasteiger partial charge in [-0.25, -0.2) is 0 Å². The summed E-state index contributed by atoms with van der Waals surface area (Å²) in [6.45, 7) is 0. The van der Waals surface area contributed by atoms with Gasteiger partial charge in [0.05, 0.1) is 34.0 Å². The van der Waals surface area contributed by atoms with Gasteiger partial charge in [0.1, 0.15) is 0 Å². The lowest BCUT2D eigenvalue weighted by molar-refractivity contribution is 1.16. The van der Waals surface area contributed by atoms with E-state index in [1.807, 2.05) is 12.4 Å². The van der Waals surface area contributed by atoms with Gasteiger partial charge in [0, 0.05) is 32.2 Å². The van der Waals surface area contributed by atoms with Crippen molar-refractivity contribution in [2.75, 3.05) is 0 Å². The van der Waals surface area contributed by atoms with Crippen LogP contribution in [0.5, 0.6) is 0 Å². The second kappa shape index (κ2) is 7.51. The third kappa shape index (κ3) is 2.96. The average molecular weight is 500 g/mol. The number of halogens is 1. The maximum absolute atomic E-state index is 4.88. The zero-order valence-electron chi connectivity index (χ0n) is 18.1. The van der Waals surface area contributed by atoms with Crippen molar-refractivity contribution >= 4 is 59.5 Å². The largest absolute Gasteiger partial charge is 0.308 e. The summed E-state index contributed by atoms with van der Waals surface area (Å²) < 4.78 is 3.28. The van der Waals surface area contributed by atoms with Crippen LogP contribution >= 0.6 is 15.9 Å². The summed E-state index contributed by atoms with van der Waals surface area (Å²) in [6.07, 6.45) is 3.79. The standard InChI is InChI=1S/C30H18BrN3/c31-23-14-21-10-11-22-15-24(18-33-30(22)29(21)32-17-23)34-27-9-5-4-8-25(27)26-16-20(12-13-28(26)34)19-6-2-1-3-7-19/h1-18H. The molecule has 0 amide bonds. The first-order valence-electron chi connectivity index (χ1n) is 11.2. The number of rotatable bonds is 2. The van der Waals surface area contributed by atoms with Crippen LogP contribution in [0.3, 0.4) is 0 Å². The molecule has 0 aliphatic rings. The fourth-order valence-electron chi connectivity index (χ4n) is 4.94. The molecule has 0 N–H and O–H groups in total. The summed E-state index contributed by atoms with van der Waals surface area (Å²) in [5, 5.41) is 4.63. The Hall–Kier alpha value is -4.02. The molecule has 4 aromatic carbocycles. The Morgan fingerprint density at radius 3 is 2.12 bits per heavy atom. The van der Waals surface area contributed by atoms with Crippen LogP contribution in [0.1, 0.15) is 0 Å². The van der Waals surface area contributed by atoms with Crippen LogP contribution in [0.15, 0.2) is 114 Å². The molecular formula is C30H18BrN3. The molecular weight excluding hydrogens is 482 g/mol. The van der Waals surface area contributed by atoms with Crippen LogP contribution in [0.25, 0.3) is 60.4 Å². The van der Waals surface area contributed by atoms with E-state index in [1.54, 1.807) is 0 Å². The second-order valence-corrected chi connectivity index (χ2v) is 9.42. The minimum Gasteiger partial charge on any atom is -0.308 e. The molecule has 7 rings (SSSR count). The second-order valence-electron chi connectivity index (χ2n) is 8.51. The van der Waals surface area contributed by atoms with E-state index in [-0.39, 0.29) is 0 Å². The Bertz CT molecular complexity index is 1870. The molecule has 0 unspecified atom stereocenters. The molecule has 0 aliphatic carbocycles. The van der Waals surface area contributed by atoms with Crippen LogP contribution in [0, 0.1) is 0 Å². The number of hydrogen-bond acceptors (Lipinski definition) is 2. The van der Waals surface area contributed by atoms with Crippen molar-refractivity contribution in [1.29, 1.82) is 0 Å². The maximum atomic E-state index is 4.88. The highest BCUT2D eigenvalue weighted by atomic mass is 79.9. The van der Waals surface area contributed by atoms with Gasteiger partial charge in [-0.05, 0) is 57.4 Å². The third-order valence-electron chi connectivity index (χ3n) is 6.49. The number of nitrogens with zero attached hydrogens (tertiary/aromatic N) is 3. The van der Waals surface area contributed by atoms with E-state index in [4.69, 9.17) is 4.98 Å². The van der Waals surface area contributed by atoms with Gasteiger partial charge in [0.15, 0.2) is 0 Å². The first-order chi connectivity index (χ1) is 16.8. The fraction of sp³-hybridized carbons (Fsp3) is 0. The van der Waals surface area contributed by atoms with Crippen LogP contribution in [0.4, 0.5) is 0 Å². The quantitative estimate of drug-likeness (QED) is 0.224. The molecule has 160 valence electrons. The molecule has 3 heterocycles. The van der Waals surface area contributed by atoms with Crippen molar-refractivity contribution in [3.8, 4) is 16.8 Å². The highest BCUT2D eigenvalue weighted by molar-refractivity contribution is 9.10.